The van der Waals surface area contributed by atoms with E-state index in [9.17, 15) is 4.79 Å². The zero-order valence-corrected chi connectivity index (χ0v) is 15.8. The Morgan fingerprint density at radius 3 is 2.75 bits per heavy atom. The Morgan fingerprint density at radius 2 is 1.96 bits per heavy atom. The van der Waals surface area contributed by atoms with Gasteiger partial charge in [-0.2, -0.15) is 0 Å². The van der Waals surface area contributed by atoms with Crippen molar-refractivity contribution in [3.8, 4) is 11.5 Å². The first kappa shape index (κ1) is 18.2. The second-order valence-electron chi connectivity index (χ2n) is 6.93. The zero-order valence-electron chi connectivity index (χ0n) is 15.8. The molecule has 0 spiro atoms. The third-order valence-corrected chi connectivity index (χ3v) is 4.78. The second kappa shape index (κ2) is 8.22. The maximum Gasteiger partial charge on any atom is 0.277 e. The largest absolute Gasteiger partial charge is 0.455 e. The van der Waals surface area contributed by atoms with Crippen LogP contribution in [0.4, 0.5) is 5.69 Å². The third-order valence-electron chi connectivity index (χ3n) is 4.78. The molecule has 2 aromatic carbocycles. The van der Waals surface area contributed by atoms with E-state index in [2.05, 4.69) is 20.9 Å². The molecular weight excluding hydrogens is 354 g/mol. The van der Waals surface area contributed by atoms with Crippen molar-refractivity contribution in [1.29, 1.82) is 0 Å². The Labute approximate surface area is 163 Å². The lowest BCUT2D eigenvalue weighted by Crippen LogP contribution is -2.29. The van der Waals surface area contributed by atoms with Crippen LogP contribution in [0.1, 0.15) is 34.9 Å². The van der Waals surface area contributed by atoms with E-state index in [0.717, 1.165) is 31.5 Å². The molecule has 2 N–H and O–H groups in total. The molecule has 7 heteroatoms. The molecular formula is C21H23N5O2. The summed E-state index contributed by atoms with van der Waals surface area (Å²) < 4.78 is 7.74. The van der Waals surface area contributed by atoms with Gasteiger partial charge in [0.25, 0.3) is 5.91 Å². The highest BCUT2D eigenvalue weighted by Crippen LogP contribution is 2.30. The second-order valence-corrected chi connectivity index (χ2v) is 6.93. The maximum atomic E-state index is 12.7. The predicted octanol–water partition coefficient (Wildman–Crippen LogP) is 3.56. The molecule has 1 fully saturated rings. The average molecular weight is 377 g/mol. The topological polar surface area (TPSA) is 81.1 Å². The predicted molar refractivity (Wildman–Crippen MR) is 107 cm³/mol. The van der Waals surface area contributed by atoms with Gasteiger partial charge in [-0.05, 0) is 62.7 Å². The van der Waals surface area contributed by atoms with Crippen LogP contribution in [0.3, 0.4) is 0 Å². The SMILES string of the molecule is Cc1ccc(Oc2ccccc2)c(NC(=O)c2cn(C3CCNCC3)nn2)c1. The summed E-state index contributed by atoms with van der Waals surface area (Å²) in [5.41, 5.74) is 1.92. The summed E-state index contributed by atoms with van der Waals surface area (Å²) in [6.07, 6.45) is 3.69. The van der Waals surface area contributed by atoms with Crippen LogP contribution in [0.25, 0.3) is 0 Å². The summed E-state index contributed by atoms with van der Waals surface area (Å²) in [7, 11) is 0. The first-order chi connectivity index (χ1) is 13.7. The summed E-state index contributed by atoms with van der Waals surface area (Å²) in [5.74, 6) is 0.985. The number of ether oxygens (including phenoxy) is 1. The van der Waals surface area contributed by atoms with E-state index < -0.39 is 0 Å². The summed E-state index contributed by atoms with van der Waals surface area (Å²) in [5, 5.41) is 14.5. The number of piperidine rings is 1. The van der Waals surface area contributed by atoms with E-state index >= 15 is 0 Å². The van der Waals surface area contributed by atoms with E-state index in [-0.39, 0.29) is 11.9 Å². The van der Waals surface area contributed by atoms with Crippen molar-refractivity contribution in [2.24, 2.45) is 0 Å². The van der Waals surface area contributed by atoms with Gasteiger partial charge >= 0.3 is 0 Å². The molecule has 3 aromatic rings. The maximum absolute atomic E-state index is 12.7. The smallest absolute Gasteiger partial charge is 0.277 e. The fourth-order valence-corrected chi connectivity index (χ4v) is 3.26. The standard InChI is InChI=1S/C21H23N5O2/c1-15-7-8-20(28-17-5-3-2-4-6-17)18(13-15)23-21(27)19-14-26(25-24-19)16-9-11-22-12-10-16/h2-8,13-14,16,22H,9-12H2,1H3,(H,23,27). The quantitative estimate of drug-likeness (QED) is 0.711. The highest BCUT2D eigenvalue weighted by atomic mass is 16.5. The molecule has 1 saturated heterocycles. The lowest BCUT2D eigenvalue weighted by molar-refractivity contribution is 0.102. The van der Waals surface area contributed by atoms with Crippen LogP contribution in [0.2, 0.25) is 0 Å². The van der Waals surface area contributed by atoms with Gasteiger partial charge in [0.1, 0.15) is 5.75 Å². The Balaban J connectivity index is 1.51. The van der Waals surface area contributed by atoms with Gasteiger partial charge in [0.15, 0.2) is 11.4 Å². The number of hydrogen-bond acceptors (Lipinski definition) is 5. The normalized spacial score (nSPS) is 14.6. The van der Waals surface area contributed by atoms with Crippen LogP contribution in [0, 0.1) is 6.92 Å². The van der Waals surface area contributed by atoms with Crippen molar-refractivity contribution in [3.05, 3.63) is 66.0 Å². The number of hydrogen-bond donors (Lipinski definition) is 2. The van der Waals surface area contributed by atoms with Gasteiger partial charge in [-0.15, -0.1) is 5.10 Å². The van der Waals surface area contributed by atoms with Gasteiger partial charge in [0, 0.05) is 0 Å². The van der Waals surface area contributed by atoms with Crippen LogP contribution in [-0.4, -0.2) is 34.0 Å². The third kappa shape index (κ3) is 4.20. The number of aryl methyl sites for hydroxylation is 1. The van der Waals surface area contributed by atoms with Crippen molar-refractivity contribution in [3.63, 3.8) is 0 Å². The van der Waals surface area contributed by atoms with Crippen LogP contribution in [-0.2, 0) is 0 Å². The zero-order chi connectivity index (χ0) is 19.3. The number of nitrogens with zero attached hydrogens (tertiary/aromatic N) is 3. The Kier molecular flexibility index (Phi) is 5.34. The summed E-state index contributed by atoms with van der Waals surface area (Å²) in [6.45, 7) is 3.88. The number of aromatic nitrogens is 3. The van der Waals surface area contributed by atoms with Gasteiger partial charge in [-0.25, -0.2) is 4.68 Å². The van der Waals surface area contributed by atoms with E-state index in [1.54, 1.807) is 10.9 Å². The molecule has 28 heavy (non-hydrogen) atoms. The Hall–Kier alpha value is -3.19. The van der Waals surface area contributed by atoms with Crippen molar-refractivity contribution in [1.82, 2.24) is 20.3 Å². The average Bonchev–Trinajstić information content (AvgIpc) is 3.22. The lowest BCUT2D eigenvalue weighted by Gasteiger charge is -2.22. The first-order valence-electron chi connectivity index (χ1n) is 9.46. The molecule has 4 rings (SSSR count). The molecule has 1 aliphatic rings. The van der Waals surface area contributed by atoms with Gasteiger partial charge in [-0.1, -0.05) is 29.5 Å². The Bertz CT molecular complexity index is 948. The highest BCUT2D eigenvalue weighted by Gasteiger charge is 2.19. The van der Waals surface area contributed by atoms with Gasteiger partial charge in [-0.3, -0.25) is 4.79 Å². The van der Waals surface area contributed by atoms with Crippen LogP contribution < -0.4 is 15.4 Å². The lowest BCUT2D eigenvalue weighted by atomic mass is 10.1. The number of para-hydroxylation sites is 1. The molecule has 0 unspecified atom stereocenters. The van der Waals surface area contributed by atoms with Crippen LogP contribution in [0.5, 0.6) is 11.5 Å². The molecule has 0 saturated carbocycles. The first-order valence-corrected chi connectivity index (χ1v) is 9.46. The van der Waals surface area contributed by atoms with Crippen LogP contribution >= 0.6 is 0 Å². The monoisotopic (exact) mass is 377 g/mol. The summed E-state index contributed by atoms with van der Waals surface area (Å²) in [4.78, 5) is 12.7. The van der Waals surface area contributed by atoms with Crippen LogP contribution in [0.15, 0.2) is 54.7 Å². The van der Waals surface area contributed by atoms with Gasteiger partial charge < -0.3 is 15.4 Å². The summed E-state index contributed by atoms with van der Waals surface area (Å²) in [6, 6.07) is 15.4. The van der Waals surface area contributed by atoms with E-state index in [1.165, 1.54) is 0 Å². The number of benzene rings is 2. The number of nitrogens with one attached hydrogen (secondary N) is 2. The number of carbonyl (C=O) groups excluding carboxylic acids is 1. The molecule has 7 nitrogen and oxygen atoms in total. The van der Waals surface area contributed by atoms with E-state index in [4.69, 9.17) is 4.74 Å². The molecule has 144 valence electrons. The minimum Gasteiger partial charge on any atom is -0.455 e. The highest BCUT2D eigenvalue weighted by molar-refractivity contribution is 6.03. The molecule has 1 amide bonds. The fourth-order valence-electron chi connectivity index (χ4n) is 3.26. The molecule has 1 aliphatic heterocycles. The van der Waals surface area contributed by atoms with Gasteiger partial charge in [0.05, 0.1) is 17.9 Å². The molecule has 2 heterocycles. The molecule has 0 radical (unpaired) electrons. The molecule has 0 bridgehead atoms. The number of rotatable bonds is 5. The fraction of sp³-hybridized carbons (Fsp3) is 0.286. The number of anilines is 1. The Morgan fingerprint density at radius 1 is 1.18 bits per heavy atom. The van der Waals surface area contributed by atoms with Gasteiger partial charge in [0.2, 0.25) is 0 Å². The van der Waals surface area contributed by atoms with Crippen molar-refractivity contribution in [2.45, 2.75) is 25.8 Å². The minimum absolute atomic E-state index is 0.284. The minimum atomic E-state index is -0.302. The van der Waals surface area contributed by atoms with E-state index in [0.29, 0.717) is 22.9 Å². The molecule has 1 aromatic heterocycles. The van der Waals surface area contributed by atoms with E-state index in [1.807, 2.05) is 55.5 Å². The molecule has 0 aliphatic carbocycles. The van der Waals surface area contributed by atoms with Crippen molar-refractivity contribution in [2.75, 3.05) is 18.4 Å². The van der Waals surface area contributed by atoms with Crippen molar-refractivity contribution < 1.29 is 9.53 Å². The summed E-state index contributed by atoms with van der Waals surface area (Å²) >= 11 is 0. The number of amides is 1. The number of carbonyl (C=O) groups is 1. The van der Waals surface area contributed by atoms with Crippen molar-refractivity contribution >= 4 is 11.6 Å². The molecule has 0 atom stereocenters.